The summed E-state index contributed by atoms with van der Waals surface area (Å²) in [5, 5.41) is 4.85. The molecule has 1 aromatic heterocycles. The molecule has 1 aromatic rings. The summed E-state index contributed by atoms with van der Waals surface area (Å²) in [4.78, 5) is 0. The molecule has 0 radical (unpaired) electrons. The van der Waals surface area contributed by atoms with Crippen LogP contribution in [0.25, 0.3) is 0 Å². The van der Waals surface area contributed by atoms with Gasteiger partial charge in [0.1, 0.15) is 5.15 Å². The standard InChI is InChI=1S/C8H14ClN3/c1-3-12-8(9)7(5-11-12)6(2)4-10/h5-6H,3-4,10H2,1-2H3. The van der Waals surface area contributed by atoms with Gasteiger partial charge in [0.05, 0.1) is 6.20 Å². The van der Waals surface area contributed by atoms with Crippen LogP contribution in [0.15, 0.2) is 6.20 Å². The quantitative estimate of drug-likeness (QED) is 0.782. The topological polar surface area (TPSA) is 43.8 Å². The number of nitrogens with zero attached hydrogens (tertiary/aromatic N) is 2. The predicted octanol–water partition coefficient (Wildman–Crippen LogP) is 1.62. The second-order valence-corrected chi connectivity index (χ2v) is 3.20. The molecule has 1 unspecified atom stereocenters. The lowest BCUT2D eigenvalue weighted by molar-refractivity contribution is 0.658. The third kappa shape index (κ3) is 1.62. The van der Waals surface area contributed by atoms with E-state index in [-0.39, 0.29) is 5.92 Å². The third-order valence-electron chi connectivity index (χ3n) is 1.99. The minimum atomic E-state index is 0.290. The fraction of sp³-hybridized carbons (Fsp3) is 0.625. The van der Waals surface area contributed by atoms with Crippen molar-refractivity contribution in [1.29, 1.82) is 0 Å². The van der Waals surface area contributed by atoms with E-state index in [1.165, 1.54) is 0 Å². The summed E-state index contributed by atoms with van der Waals surface area (Å²) in [5.74, 6) is 0.290. The number of nitrogens with two attached hydrogens (primary N) is 1. The lowest BCUT2D eigenvalue weighted by Gasteiger charge is -2.05. The number of aryl methyl sites for hydroxylation is 1. The largest absolute Gasteiger partial charge is 0.330 e. The zero-order chi connectivity index (χ0) is 9.14. The minimum Gasteiger partial charge on any atom is -0.330 e. The highest BCUT2D eigenvalue weighted by molar-refractivity contribution is 6.30. The lowest BCUT2D eigenvalue weighted by atomic mass is 10.1. The van der Waals surface area contributed by atoms with Crippen LogP contribution >= 0.6 is 11.6 Å². The van der Waals surface area contributed by atoms with Gasteiger partial charge in [-0.2, -0.15) is 5.10 Å². The number of hydrogen-bond donors (Lipinski definition) is 1. The molecule has 3 nitrogen and oxygen atoms in total. The first-order valence-electron chi connectivity index (χ1n) is 4.12. The Morgan fingerprint density at radius 2 is 2.42 bits per heavy atom. The van der Waals surface area contributed by atoms with E-state index in [9.17, 15) is 0 Å². The predicted molar refractivity (Wildman–Crippen MR) is 50.4 cm³/mol. The normalized spacial score (nSPS) is 13.3. The van der Waals surface area contributed by atoms with Crippen LogP contribution in [0.1, 0.15) is 25.3 Å². The highest BCUT2D eigenvalue weighted by atomic mass is 35.5. The molecule has 0 saturated heterocycles. The summed E-state index contributed by atoms with van der Waals surface area (Å²) >= 11 is 6.04. The maximum Gasteiger partial charge on any atom is 0.130 e. The second-order valence-electron chi connectivity index (χ2n) is 2.84. The van der Waals surface area contributed by atoms with E-state index in [1.807, 2.05) is 13.8 Å². The highest BCUT2D eigenvalue weighted by Crippen LogP contribution is 2.22. The minimum absolute atomic E-state index is 0.290. The van der Waals surface area contributed by atoms with Crippen LogP contribution in [0.3, 0.4) is 0 Å². The van der Waals surface area contributed by atoms with E-state index in [0.29, 0.717) is 6.54 Å². The summed E-state index contributed by atoms with van der Waals surface area (Å²) in [6.07, 6.45) is 1.80. The van der Waals surface area contributed by atoms with Crippen LogP contribution in [0.2, 0.25) is 5.15 Å². The van der Waals surface area contributed by atoms with Crippen LogP contribution in [0, 0.1) is 0 Å². The average molecular weight is 188 g/mol. The zero-order valence-corrected chi connectivity index (χ0v) is 8.17. The van der Waals surface area contributed by atoms with Crippen LogP contribution < -0.4 is 5.73 Å². The van der Waals surface area contributed by atoms with Gasteiger partial charge in [-0.3, -0.25) is 4.68 Å². The second kappa shape index (κ2) is 3.92. The fourth-order valence-corrected chi connectivity index (χ4v) is 1.46. The van der Waals surface area contributed by atoms with Gasteiger partial charge in [0.2, 0.25) is 0 Å². The van der Waals surface area contributed by atoms with E-state index < -0.39 is 0 Å². The highest BCUT2D eigenvalue weighted by Gasteiger charge is 2.12. The average Bonchev–Trinajstić information content (AvgIpc) is 2.45. The molecule has 68 valence electrons. The molecule has 1 rings (SSSR count). The molecule has 1 atom stereocenters. The summed E-state index contributed by atoms with van der Waals surface area (Å²) < 4.78 is 1.77. The van der Waals surface area contributed by atoms with Crippen LogP contribution in [0.5, 0.6) is 0 Å². The van der Waals surface area contributed by atoms with Crippen LogP contribution in [-0.2, 0) is 6.54 Å². The van der Waals surface area contributed by atoms with Gasteiger partial charge in [-0.05, 0) is 19.4 Å². The molecule has 0 aromatic carbocycles. The SMILES string of the molecule is CCn1ncc(C(C)CN)c1Cl. The molecule has 2 N–H and O–H groups in total. The first-order valence-corrected chi connectivity index (χ1v) is 4.49. The van der Waals surface area contributed by atoms with Gasteiger partial charge >= 0.3 is 0 Å². The number of hydrogen-bond acceptors (Lipinski definition) is 2. The van der Waals surface area contributed by atoms with Crippen LogP contribution in [0.4, 0.5) is 0 Å². The van der Waals surface area contributed by atoms with Crippen molar-refractivity contribution >= 4 is 11.6 Å². The molecule has 0 aliphatic carbocycles. The van der Waals surface area contributed by atoms with Gasteiger partial charge < -0.3 is 5.73 Å². The lowest BCUT2D eigenvalue weighted by Crippen LogP contribution is -2.08. The Kier molecular flexibility index (Phi) is 3.12. The number of aromatic nitrogens is 2. The Balaban J connectivity index is 2.93. The smallest absolute Gasteiger partial charge is 0.130 e. The van der Waals surface area contributed by atoms with Crippen LogP contribution in [-0.4, -0.2) is 16.3 Å². The van der Waals surface area contributed by atoms with Crippen molar-refractivity contribution in [2.45, 2.75) is 26.3 Å². The molecule has 4 heteroatoms. The van der Waals surface area contributed by atoms with Crippen molar-refractivity contribution < 1.29 is 0 Å². The summed E-state index contributed by atoms with van der Waals surface area (Å²) in [6, 6.07) is 0. The Morgan fingerprint density at radius 1 is 1.75 bits per heavy atom. The van der Waals surface area contributed by atoms with E-state index in [4.69, 9.17) is 17.3 Å². The van der Waals surface area contributed by atoms with Gasteiger partial charge in [-0.1, -0.05) is 18.5 Å². The molecule has 0 aliphatic rings. The Morgan fingerprint density at radius 3 is 2.83 bits per heavy atom. The molecular weight excluding hydrogens is 174 g/mol. The molecular formula is C8H14ClN3. The first kappa shape index (κ1) is 9.55. The fourth-order valence-electron chi connectivity index (χ4n) is 1.06. The molecule has 0 bridgehead atoms. The molecule has 0 aliphatic heterocycles. The van der Waals surface area contributed by atoms with E-state index in [0.717, 1.165) is 17.3 Å². The number of halogens is 1. The Bertz CT molecular complexity index is 257. The van der Waals surface area contributed by atoms with Crippen molar-refractivity contribution in [2.24, 2.45) is 5.73 Å². The van der Waals surface area contributed by atoms with Gasteiger partial charge in [0, 0.05) is 12.1 Å². The third-order valence-corrected chi connectivity index (χ3v) is 2.40. The van der Waals surface area contributed by atoms with Crippen molar-refractivity contribution in [2.75, 3.05) is 6.54 Å². The molecule has 0 fully saturated rings. The van der Waals surface area contributed by atoms with Crippen molar-refractivity contribution in [1.82, 2.24) is 9.78 Å². The van der Waals surface area contributed by atoms with E-state index in [2.05, 4.69) is 5.10 Å². The molecule has 1 heterocycles. The van der Waals surface area contributed by atoms with Gasteiger partial charge in [0.15, 0.2) is 0 Å². The van der Waals surface area contributed by atoms with Crippen molar-refractivity contribution in [3.63, 3.8) is 0 Å². The molecule has 12 heavy (non-hydrogen) atoms. The Labute approximate surface area is 77.5 Å². The molecule has 0 amide bonds. The first-order chi connectivity index (χ1) is 5.70. The van der Waals surface area contributed by atoms with Gasteiger partial charge in [0.25, 0.3) is 0 Å². The summed E-state index contributed by atoms with van der Waals surface area (Å²) in [5.41, 5.74) is 6.57. The zero-order valence-electron chi connectivity index (χ0n) is 7.42. The maximum absolute atomic E-state index is 6.04. The van der Waals surface area contributed by atoms with Gasteiger partial charge in [-0.15, -0.1) is 0 Å². The summed E-state index contributed by atoms with van der Waals surface area (Å²) in [7, 11) is 0. The molecule has 0 saturated carbocycles. The summed E-state index contributed by atoms with van der Waals surface area (Å²) in [6.45, 7) is 5.46. The van der Waals surface area contributed by atoms with E-state index >= 15 is 0 Å². The maximum atomic E-state index is 6.04. The number of rotatable bonds is 3. The van der Waals surface area contributed by atoms with Crippen molar-refractivity contribution in [3.05, 3.63) is 16.9 Å². The Hall–Kier alpha value is -0.540. The van der Waals surface area contributed by atoms with Gasteiger partial charge in [-0.25, -0.2) is 0 Å². The van der Waals surface area contributed by atoms with E-state index in [1.54, 1.807) is 10.9 Å². The monoisotopic (exact) mass is 187 g/mol. The van der Waals surface area contributed by atoms with Crippen molar-refractivity contribution in [3.8, 4) is 0 Å². The molecule has 0 spiro atoms.